The van der Waals surface area contributed by atoms with E-state index in [0.29, 0.717) is 0 Å². The Morgan fingerprint density at radius 3 is 2.29 bits per heavy atom. The van der Waals surface area contributed by atoms with E-state index in [4.69, 9.17) is 0 Å². The molecule has 0 aliphatic carbocycles. The molecule has 0 unspecified atom stereocenters. The van der Waals surface area contributed by atoms with Crippen molar-refractivity contribution >= 4 is 17.7 Å². The van der Waals surface area contributed by atoms with Crippen molar-refractivity contribution in [2.24, 2.45) is 0 Å². The molecule has 1 aromatic carbocycles. The molecule has 1 aromatic rings. The summed E-state index contributed by atoms with van der Waals surface area (Å²) in [7, 11) is 0. The minimum Gasteiger partial charge on any atom is -0.460 e. The van der Waals surface area contributed by atoms with Gasteiger partial charge in [0.2, 0.25) is 0 Å². The number of benzene rings is 1. The number of rotatable bonds is 5. The van der Waals surface area contributed by atoms with E-state index in [1.54, 1.807) is 0 Å². The Morgan fingerprint density at radius 2 is 1.71 bits per heavy atom. The minimum absolute atomic E-state index is 0.0462. The molecule has 0 N–H and O–H groups in total. The molecule has 0 amide bonds. The lowest BCUT2D eigenvalue weighted by Crippen LogP contribution is -2.24. The van der Waals surface area contributed by atoms with Gasteiger partial charge in [0.1, 0.15) is 11.4 Å². The number of Topliss-reactive ketones (excluding diaryl/α,β-unsaturated/α-hetero) is 1. The van der Waals surface area contributed by atoms with Gasteiger partial charge in [-0.1, -0.05) is 0 Å². The third-order valence-corrected chi connectivity index (χ3v) is 2.45. The highest BCUT2D eigenvalue weighted by molar-refractivity contribution is 6.34. The van der Waals surface area contributed by atoms with Gasteiger partial charge >= 0.3 is 11.9 Å². The molecule has 0 aromatic heterocycles. The first-order valence-corrected chi connectivity index (χ1v) is 5.80. The average molecular weight is 304 g/mol. The summed E-state index contributed by atoms with van der Waals surface area (Å²) in [6.45, 7) is 1.41. The molecule has 0 saturated carbocycles. The highest BCUT2D eigenvalue weighted by Crippen LogP contribution is 2.20. The van der Waals surface area contributed by atoms with Gasteiger partial charge in [-0.3, -0.25) is 4.79 Å². The summed E-state index contributed by atoms with van der Waals surface area (Å²) in [4.78, 5) is 33.7. The molecule has 8 heteroatoms. The Kier molecular flexibility index (Phi) is 5.45. The molecular formula is C13H11F3O5. The number of carbonyl (C=O) groups is 3. The van der Waals surface area contributed by atoms with Gasteiger partial charge in [0.25, 0.3) is 5.78 Å². The summed E-state index contributed by atoms with van der Waals surface area (Å²) in [5, 5.41) is 0. The van der Waals surface area contributed by atoms with E-state index in [0.717, 1.165) is 6.92 Å². The molecular weight excluding hydrogens is 293 g/mol. The quantitative estimate of drug-likeness (QED) is 0.470. The largest absolute Gasteiger partial charge is 0.460 e. The summed E-state index contributed by atoms with van der Waals surface area (Å²) < 4.78 is 48.4. The van der Waals surface area contributed by atoms with Crippen LogP contribution in [0.1, 0.15) is 22.8 Å². The van der Waals surface area contributed by atoms with Crippen LogP contribution in [0, 0.1) is 24.4 Å². The van der Waals surface area contributed by atoms with Crippen LogP contribution in [0.3, 0.4) is 0 Å². The fourth-order valence-corrected chi connectivity index (χ4v) is 1.44. The number of hydrogen-bond acceptors (Lipinski definition) is 5. The Morgan fingerprint density at radius 1 is 1.10 bits per heavy atom. The van der Waals surface area contributed by atoms with Crippen LogP contribution in [0.2, 0.25) is 0 Å². The maximum absolute atomic E-state index is 13.5. The van der Waals surface area contributed by atoms with Crippen LogP contribution in [0.25, 0.3) is 0 Å². The molecule has 0 spiro atoms. The van der Waals surface area contributed by atoms with Crippen molar-refractivity contribution in [1.29, 1.82) is 0 Å². The van der Waals surface area contributed by atoms with E-state index >= 15 is 0 Å². The maximum atomic E-state index is 13.5. The summed E-state index contributed by atoms with van der Waals surface area (Å²) in [6.07, 6.45) is 0. The zero-order chi connectivity index (χ0) is 16.2. The summed E-state index contributed by atoms with van der Waals surface area (Å²) in [5.41, 5.74) is -1.44. The van der Waals surface area contributed by atoms with Gasteiger partial charge in [-0.05, 0) is 13.8 Å². The van der Waals surface area contributed by atoms with Crippen molar-refractivity contribution in [3.8, 4) is 0 Å². The van der Waals surface area contributed by atoms with Gasteiger partial charge in [-0.2, -0.15) is 0 Å². The zero-order valence-electron chi connectivity index (χ0n) is 11.2. The molecule has 5 nitrogen and oxygen atoms in total. The second-order valence-electron chi connectivity index (χ2n) is 3.87. The van der Waals surface area contributed by atoms with Crippen LogP contribution in [-0.4, -0.2) is 30.9 Å². The SMILES string of the molecule is CCOC(=O)C(=O)COC(=O)c1c(F)cc(F)c(F)c1C. The summed E-state index contributed by atoms with van der Waals surface area (Å²) >= 11 is 0. The van der Waals surface area contributed by atoms with E-state index in [-0.39, 0.29) is 12.7 Å². The lowest BCUT2D eigenvalue weighted by Gasteiger charge is -2.08. The third-order valence-electron chi connectivity index (χ3n) is 2.45. The van der Waals surface area contributed by atoms with E-state index in [2.05, 4.69) is 9.47 Å². The number of carbonyl (C=O) groups excluding carboxylic acids is 3. The maximum Gasteiger partial charge on any atom is 0.378 e. The van der Waals surface area contributed by atoms with E-state index < -0.39 is 52.9 Å². The first-order valence-electron chi connectivity index (χ1n) is 5.80. The first-order chi connectivity index (χ1) is 9.79. The van der Waals surface area contributed by atoms with Crippen LogP contribution in [0.5, 0.6) is 0 Å². The molecule has 0 saturated heterocycles. The van der Waals surface area contributed by atoms with Crippen LogP contribution in [0.4, 0.5) is 13.2 Å². The van der Waals surface area contributed by atoms with Gasteiger partial charge in [0.15, 0.2) is 18.2 Å². The Bertz CT molecular complexity index is 598. The van der Waals surface area contributed by atoms with Crippen molar-refractivity contribution in [2.45, 2.75) is 13.8 Å². The van der Waals surface area contributed by atoms with E-state index in [9.17, 15) is 27.6 Å². The highest BCUT2D eigenvalue weighted by atomic mass is 19.2. The van der Waals surface area contributed by atoms with Crippen LogP contribution < -0.4 is 0 Å². The number of halogens is 3. The minimum atomic E-state index is -1.45. The summed E-state index contributed by atoms with van der Waals surface area (Å²) in [5.74, 6) is -7.95. The monoisotopic (exact) mass is 304 g/mol. The van der Waals surface area contributed by atoms with E-state index in [1.807, 2.05) is 0 Å². The first kappa shape index (κ1) is 16.7. The van der Waals surface area contributed by atoms with Gasteiger partial charge in [0, 0.05) is 11.6 Å². The van der Waals surface area contributed by atoms with Gasteiger partial charge < -0.3 is 9.47 Å². The number of ether oxygens (including phenoxy) is 2. The van der Waals surface area contributed by atoms with Crippen molar-refractivity contribution in [3.63, 3.8) is 0 Å². The Balaban J connectivity index is 2.85. The smallest absolute Gasteiger partial charge is 0.378 e. The molecule has 21 heavy (non-hydrogen) atoms. The van der Waals surface area contributed by atoms with Crippen molar-refractivity contribution in [3.05, 3.63) is 34.6 Å². The normalized spacial score (nSPS) is 10.1. The standard InChI is InChI=1S/C13H11F3O5/c1-3-20-12(18)9(17)5-21-13(19)10-6(2)11(16)8(15)4-7(10)14/h4H,3,5H2,1-2H3. The Labute approximate surface area is 117 Å². The van der Waals surface area contributed by atoms with Crippen LogP contribution in [-0.2, 0) is 19.1 Å². The van der Waals surface area contributed by atoms with Crippen LogP contribution in [0.15, 0.2) is 6.07 Å². The molecule has 0 bridgehead atoms. The van der Waals surface area contributed by atoms with Crippen molar-refractivity contribution < 1.29 is 37.0 Å². The third kappa shape index (κ3) is 3.80. The van der Waals surface area contributed by atoms with Gasteiger partial charge in [-0.25, -0.2) is 22.8 Å². The molecule has 0 aliphatic heterocycles. The number of esters is 2. The number of hydrogen-bond donors (Lipinski definition) is 0. The lowest BCUT2D eigenvalue weighted by molar-refractivity contribution is -0.154. The lowest BCUT2D eigenvalue weighted by atomic mass is 10.1. The molecule has 0 fully saturated rings. The number of ketones is 1. The molecule has 0 heterocycles. The average Bonchev–Trinajstić information content (AvgIpc) is 2.42. The molecule has 0 radical (unpaired) electrons. The van der Waals surface area contributed by atoms with Crippen molar-refractivity contribution in [1.82, 2.24) is 0 Å². The van der Waals surface area contributed by atoms with Gasteiger partial charge in [-0.15, -0.1) is 0 Å². The van der Waals surface area contributed by atoms with E-state index in [1.165, 1.54) is 6.92 Å². The fraction of sp³-hybridized carbons (Fsp3) is 0.308. The topological polar surface area (TPSA) is 69.7 Å². The zero-order valence-corrected chi connectivity index (χ0v) is 11.2. The Hall–Kier alpha value is -2.38. The molecule has 1 rings (SSSR count). The predicted octanol–water partition coefficient (Wildman–Crippen LogP) is 1.70. The van der Waals surface area contributed by atoms with Crippen LogP contribution >= 0.6 is 0 Å². The second kappa shape index (κ2) is 6.87. The highest BCUT2D eigenvalue weighted by Gasteiger charge is 2.24. The molecule has 114 valence electrons. The van der Waals surface area contributed by atoms with Gasteiger partial charge in [0.05, 0.1) is 6.61 Å². The predicted molar refractivity (Wildman–Crippen MR) is 63.0 cm³/mol. The second-order valence-corrected chi connectivity index (χ2v) is 3.87. The van der Waals surface area contributed by atoms with Crippen molar-refractivity contribution in [2.75, 3.05) is 13.2 Å². The molecule has 0 atom stereocenters. The fourth-order valence-electron chi connectivity index (χ4n) is 1.44. The summed E-state index contributed by atoms with van der Waals surface area (Å²) in [6, 6.07) is 0.187. The molecule has 0 aliphatic rings.